The molecule has 5 heteroatoms. The number of esters is 1. The van der Waals surface area contributed by atoms with Crippen LogP contribution < -0.4 is 5.32 Å². The lowest BCUT2D eigenvalue weighted by atomic mass is 9.94. The first-order chi connectivity index (χ1) is 9.70. The van der Waals surface area contributed by atoms with Gasteiger partial charge in [-0.05, 0) is 38.0 Å². The van der Waals surface area contributed by atoms with Crippen molar-refractivity contribution in [3.8, 4) is 0 Å². The Labute approximate surface area is 120 Å². The molecule has 1 saturated heterocycles. The first-order valence-electron chi connectivity index (χ1n) is 7.46. The molecule has 2 atom stereocenters. The van der Waals surface area contributed by atoms with E-state index >= 15 is 0 Å². The standard InChI is InChI=1S/C15H24N2O3/c1-20-14(18)13-8-5-9-17(11-13)15(19)16-10-12-6-3-2-4-7-12/h2-3,12-13H,4-11H2,1H3,(H,16,19)/t12-,13+/m0/s1. The molecule has 0 aromatic carbocycles. The van der Waals surface area contributed by atoms with Gasteiger partial charge in [0.1, 0.15) is 0 Å². The molecule has 2 aliphatic rings. The molecule has 2 rings (SSSR count). The lowest BCUT2D eigenvalue weighted by Crippen LogP contribution is -2.48. The Hall–Kier alpha value is -1.52. The molecule has 0 bridgehead atoms. The topological polar surface area (TPSA) is 58.6 Å². The van der Waals surface area contributed by atoms with Crippen LogP contribution in [0.2, 0.25) is 0 Å². The van der Waals surface area contributed by atoms with E-state index in [1.807, 2.05) is 0 Å². The largest absolute Gasteiger partial charge is 0.469 e. The highest BCUT2D eigenvalue weighted by Crippen LogP contribution is 2.19. The number of likely N-dealkylation sites (tertiary alicyclic amines) is 1. The quantitative estimate of drug-likeness (QED) is 0.635. The molecular formula is C15H24N2O3. The summed E-state index contributed by atoms with van der Waals surface area (Å²) in [5, 5.41) is 3.00. The van der Waals surface area contributed by atoms with Gasteiger partial charge in [-0.15, -0.1) is 0 Å². The third-order valence-electron chi connectivity index (χ3n) is 4.16. The zero-order valence-corrected chi connectivity index (χ0v) is 12.1. The summed E-state index contributed by atoms with van der Waals surface area (Å²) >= 11 is 0. The van der Waals surface area contributed by atoms with Crippen LogP contribution in [0.15, 0.2) is 12.2 Å². The first-order valence-corrected chi connectivity index (χ1v) is 7.46. The monoisotopic (exact) mass is 280 g/mol. The van der Waals surface area contributed by atoms with Crippen molar-refractivity contribution in [3.05, 3.63) is 12.2 Å². The number of nitrogens with one attached hydrogen (secondary N) is 1. The second kappa shape index (κ2) is 7.31. The van der Waals surface area contributed by atoms with Crippen molar-refractivity contribution in [1.82, 2.24) is 10.2 Å². The van der Waals surface area contributed by atoms with Gasteiger partial charge in [0.2, 0.25) is 0 Å². The SMILES string of the molecule is COC(=O)[C@@H]1CCCN(C(=O)NC[C@H]2CC=CCC2)C1. The van der Waals surface area contributed by atoms with Gasteiger partial charge < -0.3 is 15.0 Å². The number of amides is 2. The van der Waals surface area contributed by atoms with Crippen LogP contribution in [-0.4, -0.2) is 43.6 Å². The summed E-state index contributed by atoms with van der Waals surface area (Å²) in [6.45, 7) is 1.93. The lowest BCUT2D eigenvalue weighted by Gasteiger charge is -2.32. The van der Waals surface area contributed by atoms with E-state index in [0.717, 1.165) is 45.2 Å². The average molecular weight is 280 g/mol. The number of hydrogen-bond donors (Lipinski definition) is 1. The number of methoxy groups -OCH3 is 1. The van der Waals surface area contributed by atoms with Crippen molar-refractivity contribution < 1.29 is 14.3 Å². The number of piperidine rings is 1. The third kappa shape index (κ3) is 3.99. The van der Waals surface area contributed by atoms with Crippen LogP contribution in [-0.2, 0) is 9.53 Å². The van der Waals surface area contributed by atoms with E-state index in [4.69, 9.17) is 4.74 Å². The Kier molecular flexibility index (Phi) is 5.44. The molecule has 1 fully saturated rings. The average Bonchev–Trinajstić information content (AvgIpc) is 2.53. The number of allylic oxidation sites excluding steroid dienone is 2. The molecule has 1 heterocycles. The van der Waals surface area contributed by atoms with Gasteiger partial charge in [0.05, 0.1) is 13.0 Å². The number of hydrogen-bond acceptors (Lipinski definition) is 3. The minimum atomic E-state index is -0.208. The molecule has 1 aliphatic heterocycles. The molecule has 20 heavy (non-hydrogen) atoms. The molecule has 1 aliphatic carbocycles. The number of carbonyl (C=O) groups excluding carboxylic acids is 2. The van der Waals surface area contributed by atoms with Crippen LogP contribution in [0.4, 0.5) is 4.79 Å². The fraction of sp³-hybridized carbons (Fsp3) is 0.733. The van der Waals surface area contributed by atoms with Crippen LogP contribution in [0.1, 0.15) is 32.1 Å². The van der Waals surface area contributed by atoms with Crippen molar-refractivity contribution in [2.75, 3.05) is 26.7 Å². The second-order valence-corrected chi connectivity index (χ2v) is 5.64. The molecule has 0 aromatic rings. The molecule has 0 unspecified atom stereocenters. The fourth-order valence-electron chi connectivity index (χ4n) is 2.91. The van der Waals surface area contributed by atoms with Gasteiger partial charge in [-0.25, -0.2) is 4.79 Å². The van der Waals surface area contributed by atoms with Gasteiger partial charge in [-0.2, -0.15) is 0 Å². The zero-order chi connectivity index (χ0) is 14.4. The van der Waals surface area contributed by atoms with Gasteiger partial charge in [0.25, 0.3) is 0 Å². The van der Waals surface area contributed by atoms with Gasteiger partial charge in [-0.1, -0.05) is 12.2 Å². The van der Waals surface area contributed by atoms with Crippen LogP contribution in [0.25, 0.3) is 0 Å². The molecule has 0 saturated carbocycles. The van der Waals surface area contributed by atoms with Crippen LogP contribution in [0, 0.1) is 11.8 Å². The van der Waals surface area contributed by atoms with Crippen molar-refractivity contribution >= 4 is 12.0 Å². The normalized spacial score (nSPS) is 26.1. The molecule has 0 aromatic heterocycles. The van der Waals surface area contributed by atoms with E-state index in [9.17, 15) is 9.59 Å². The Balaban J connectivity index is 1.76. The minimum Gasteiger partial charge on any atom is -0.469 e. The Bertz CT molecular complexity index is 381. The summed E-state index contributed by atoms with van der Waals surface area (Å²) in [6, 6.07) is -0.0480. The summed E-state index contributed by atoms with van der Waals surface area (Å²) in [5.41, 5.74) is 0. The maximum Gasteiger partial charge on any atom is 0.317 e. The number of nitrogens with zero attached hydrogens (tertiary/aromatic N) is 1. The number of ether oxygens (including phenoxy) is 1. The maximum atomic E-state index is 12.1. The highest BCUT2D eigenvalue weighted by Gasteiger charge is 2.29. The van der Waals surface area contributed by atoms with E-state index in [0.29, 0.717) is 12.5 Å². The molecule has 0 radical (unpaired) electrons. The van der Waals surface area contributed by atoms with Crippen molar-refractivity contribution in [2.45, 2.75) is 32.1 Å². The van der Waals surface area contributed by atoms with E-state index in [2.05, 4.69) is 17.5 Å². The van der Waals surface area contributed by atoms with Gasteiger partial charge in [0.15, 0.2) is 0 Å². The predicted octanol–water partition coefficient (Wildman–Crippen LogP) is 1.94. The Morgan fingerprint density at radius 2 is 2.20 bits per heavy atom. The molecule has 112 valence electrons. The van der Waals surface area contributed by atoms with Crippen molar-refractivity contribution in [2.24, 2.45) is 11.8 Å². The van der Waals surface area contributed by atoms with Crippen LogP contribution in [0.3, 0.4) is 0 Å². The predicted molar refractivity (Wildman–Crippen MR) is 76.2 cm³/mol. The molecule has 2 amide bonds. The fourth-order valence-corrected chi connectivity index (χ4v) is 2.91. The molecule has 0 spiro atoms. The zero-order valence-electron chi connectivity index (χ0n) is 12.1. The number of carbonyl (C=O) groups is 2. The third-order valence-corrected chi connectivity index (χ3v) is 4.16. The summed E-state index contributed by atoms with van der Waals surface area (Å²) < 4.78 is 4.77. The van der Waals surface area contributed by atoms with Gasteiger partial charge >= 0.3 is 12.0 Å². The van der Waals surface area contributed by atoms with Crippen LogP contribution in [0.5, 0.6) is 0 Å². The molecule has 5 nitrogen and oxygen atoms in total. The summed E-state index contributed by atoms with van der Waals surface area (Å²) in [6.07, 6.45) is 9.35. The number of rotatable bonds is 3. The molecule has 1 N–H and O–H groups in total. The highest BCUT2D eigenvalue weighted by atomic mass is 16.5. The summed E-state index contributed by atoms with van der Waals surface area (Å²) in [4.78, 5) is 25.4. The van der Waals surface area contributed by atoms with E-state index < -0.39 is 0 Å². The lowest BCUT2D eigenvalue weighted by molar-refractivity contribution is -0.146. The minimum absolute atomic E-state index is 0.0480. The Morgan fingerprint density at radius 3 is 2.90 bits per heavy atom. The van der Waals surface area contributed by atoms with Crippen molar-refractivity contribution in [1.29, 1.82) is 0 Å². The smallest absolute Gasteiger partial charge is 0.317 e. The van der Waals surface area contributed by atoms with Crippen molar-refractivity contribution in [3.63, 3.8) is 0 Å². The molecular weight excluding hydrogens is 256 g/mol. The summed E-state index contributed by atoms with van der Waals surface area (Å²) in [5.74, 6) is 0.169. The Morgan fingerprint density at radius 1 is 1.35 bits per heavy atom. The first kappa shape index (κ1) is 14.9. The second-order valence-electron chi connectivity index (χ2n) is 5.64. The van der Waals surface area contributed by atoms with E-state index in [-0.39, 0.29) is 17.9 Å². The van der Waals surface area contributed by atoms with Gasteiger partial charge in [-0.3, -0.25) is 4.79 Å². The summed E-state index contributed by atoms with van der Waals surface area (Å²) in [7, 11) is 1.40. The van der Waals surface area contributed by atoms with Gasteiger partial charge in [0, 0.05) is 19.6 Å². The van der Waals surface area contributed by atoms with E-state index in [1.165, 1.54) is 7.11 Å². The van der Waals surface area contributed by atoms with E-state index in [1.54, 1.807) is 4.90 Å². The highest BCUT2D eigenvalue weighted by molar-refractivity contribution is 5.77. The number of urea groups is 1. The van der Waals surface area contributed by atoms with Crippen LogP contribution >= 0.6 is 0 Å². The maximum absolute atomic E-state index is 12.1.